The minimum Gasteiger partial charge on any atom is -0.284 e. The van der Waals surface area contributed by atoms with Crippen LogP contribution in [0.2, 0.25) is 0 Å². The monoisotopic (exact) mass is 218 g/mol. The fourth-order valence-corrected chi connectivity index (χ4v) is 2.24. The number of likely N-dealkylation sites (tertiary alicyclic amines) is 1. The molecule has 1 unspecified atom stereocenters. The van der Waals surface area contributed by atoms with Gasteiger partial charge in [0.2, 0.25) is 0 Å². The van der Waals surface area contributed by atoms with Crippen LogP contribution < -0.4 is 0 Å². The Labute approximate surface area is 96.5 Å². The molecule has 86 valence electrons. The van der Waals surface area contributed by atoms with E-state index in [2.05, 4.69) is 23.0 Å². The number of piperidine rings is 1. The van der Waals surface area contributed by atoms with Crippen LogP contribution in [-0.2, 0) is 6.54 Å². The first-order valence-corrected chi connectivity index (χ1v) is 6.01. The molecule has 0 amide bonds. The summed E-state index contributed by atoms with van der Waals surface area (Å²) in [6, 6.07) is 2.29. The van der Waals surface area contributed by atoms with E-state index < -0.39 is 0 Å². The summed E-state index contributed by atoms with van der Waals surface area (Å²) < 4.78 is 1.88. The Morgan fingerprint density at radius 1 is 1.44 bits per heavy atom. The summed E-state index contributed by atoms with van der Waals surface area (Å²) >= 11 is 0. The van der Waals surface area contributed by atoms with Crippen molar-refractivity contribution in [2.24, 2.45) is 0 Å². The van der Waals surface area contributed by atoms with E-state index in [1.54, 1.807) is 0 Å². The van der Waals surface area contributed by atoms with Gasteiger partial charge in [0.1, 0.15) is 6.04 Å². The summed E-state index contributed by atoms with van der Waals surface area (Å²) in [6.07, 6.45) is 7.53. The van der Waals surface area contributed by atoms with Gasteiger partial charge >= 0.3 is 0 Å². The van der Waals surface area contributed by atoms with Crippen LogP contribution in [0.25, 0.3) is 0 Å². The Balaban J connectivity index is 2.12. The molecule has 1 aromatic rings. The molecule has 2 heterocycles. The molecule has 1 fully saturated rings. The smallest absolute Gasteiger partial charge is 0.126 e. The summed E-state index contributed by atoms with van der Waals surface area (Å²) in [5, 5.41) is 13.5. The molecule has 0 bridgehead atoms. The van der Waals surface area contributed by atoms with Crippen molar-refractivity contribution in [3.8, 4) is 6.07 Å². The molecule has 1 aliphatic heterocycles. The molecular formula is C12H18N4. The molecule has 2 rings (SSSR count). The molecular weight excluding hydrogens is 200 g/mol. The molecule has 0 saturated carbocycles. The molecule has 1 saturated heterocycles. The van der Waals surface area contributed by atoms with E-state index in [-0.39, 0.29) is 6.04 Å². The van der Waals surface area contributed by atoms with Gasteiger partial charge in [-0.15, -0.1) is 0 Å². The Morgan fingerprint density at radius 3 is 2.75 bits per heavy atom. The summed E-state index contributed by atoms with van der Waals surface area (Å²) in [6.45, 7) is 4.99. The maximum Gasteiger partial charge on any atom is 0.126 e. The average Bonchev–Trinajstić information content (AvgIpc) is 2.80. The highest BCUT2D eigenvalue weighted by Gasteiger charge is 2.22. The van der Waals surface area contributed by atoms with Gasteiger partial charge in [-0.05, 0) is 32.9 Å². The third-order valence-corrected chi connectivity index (χ3v) is 3.17. The lowest BCUT2D eigenvalue weighted by Crippen LogP contribution is -2.32. The van der Waals surface area contributed by atoms with E-state index in [1.165, 1.54) is 19.3 Å². The number of hydrogen-bond acceptors (Lipinski definition) is 3. The number of aryl methyl sites for hydroxylation is 1. The first-order valence-electron chi connectivity index (χ1n) is 6.01. The van der Waals surface area contributed by atoms with Gasteiger partial charge in [-0.25, -0.2) is 0 Å². The Kier molecular flexibility index (Phi) is 3.58. The lowest BCUT2D eigenvalue weighted by Gasteiger charge is -2.29. The van der Waals surface area contributed by atoms with Crippen LogP contribution in [0.1, 0.15) is 37.8 Å². The van der Waals surface area contributed by atoms with Gasteiger partial charge in [-0.2, -0.15) is 10.4 Å². The number of rotatable bonds is 3. The third kappa shape index (κ3) is 2.25. The lowest BCUT2D eigenvalue weighted by atomic mass is 10.1. The van der Waals surface area contributed by atoms with Crippen molar-refractivity contribution >= 4 is 0 Å². The SMILES string of the molecule is CCn1cc(C(C#N)N2CCCCC2)cn1. The van der Waals surface area contributed by atoms with Gasteiger partial charge < -0.3 is 0 Å². The summed E-state index contributed by atoms with van der Waals surface area (Å²) in [5.41, 5.74) is 1.03. The van der Waals surface area contributed by atoms with Gasteiger partial charge in [0.25, 0.3) is 0 Å². The fraction of sp³-hybridized carbons (Fsp3) is 0.667. The zero-order valence-corrected chi connectivity index (χ0v) is 9.76. The van der Waals surface area contributed by atoms with Crippen LogP contribution in [0.5, 0.6) is 0 Å². The van der Waals surface area contributed by atoms with Crippen LogP contribution in [-0.4, -0.2) is 27.8 Å². The van der Waals surface area contributed by atoms with E-state index in [0.29, 0.717) is 0 Å². The molecule has 1 aliphatic rings. The minimum atomic E-state index is -0.111. The first kappa shape index (κ1) is 11.2. The predicted molar refractivity (Wildman–Crippen MR) is 61.7 cm³/mol. The van der Waals surface area contributed by atoms with Crippen molar-refractivity contribution in [3.63, 3.8) is 0 Å². The fourth-order valence-electron chi connectivity index (χ4n) is 2.24. The molecule has 0 spiro atoms. The van der Waals surface area contributed by atoms with E-state index in [9.17, 15) is 5.26 Å². The van der Waals surface area contributed by atoms with Crippen molar-refractivity contribution in [3.05, 3.63) is 18.0 Å². The summed E-state index contributed by atoms with van der Waals surface area (Å²) in [5.74, 6) is 0. The Hall–Kier alpha value is -1.34. The van der Waals surface area contributed by atoms with Gasteiger partial charge in [-0.1, -0.05) is 6.42 Å². The second-order valence-corrected chi connectivity index (χ2v) is 4.26. The summed E-state index contributed by atoms with van der Waals surface area (Å²) in [7, 11) is 0. The van der Waals surface area contributed by atoms with Crippen LogP contribution in [0.3, 0.4) is 0 Å². The quantitative estimate of drug-likeness (QED) is 0.779. The molecule has 0 radical (unpaired) electrons. The molecule has 4 nitrogen and oxygen atoms in total. The molecule has 16 heavy (non-hydrogen) atoms. The second kappa shape index (κ2) is 5.13. The van der Waals surface area contributed by atoms with E-state index in [1.807, 2.05) is 17.1 Å². The maximum atomic E-state index is 9.28. The highest BCUT2D eigenvalue weighted by Crippen LogP contribution is 2.23. The van der Waals surface area contributed by atoms with Gasteiger partial charge in [0.15, 0.2) is 0 Å². The minimum absolute atomic E-state index is 0.111. The lowest BCUT2D eigenvalue weighted by molar-refractivity contribution is 0.196. The largest absolute Gasteiger partial charge is 0.284 e. The zero-order valence-electron chi connectivity index (χ0n) is 9.76. The van der Waals surface area contributed by atoms with Crippen molar-refractivity contribution in [2.45, 2.75) is 38.8 Å². The highest BCUT2D eigenvalue weighted by molar-refractivity contribution is 5.18. The summed E-state index contributed by atoms with van der Waals surface area (Å²) in [4.78, 5) is 2.26. The van der Waals surface area contributed by atoms with E-state index in [4.69, 9.17) is 0 Å². The van der Waals surface area contributed by atoms with Crippen LogP contribution >= 0.6 is 0 Å². The van der Waals surface area contributed by atoms with Crippen LogP contribution in [0.4, 0.5) is 0 Å². The van der Waals surface area contributed by atoms with Crippen LogP contribution in [0, 0.1) is 11.3 Å². The standard InChI is InChI=1S/C12H18N4/c1-2-16-10-11(9-14-16)12(8-13)15-6-4-3-5-7-15/h9-10,12H,2-7H2,1H3. The van der Waals surface area contributed by atoms with Crippen molar-refractivity contribution in [1.82, 2.24) is 14.7 Å². The molecule has 4 heteroatoms. The molecule has 0 N–H and O–H groups in total. The third-order valence-electron chi connectivity index (χ3n) is 3.17. The maximum absolute atomic E-state index is 9.28. The van der Waals surface area contributed by atoms with Crippen molar-refractivity contribution in [2.75, 3.05) is 13.1 Å². The number of nitriles is 1. The molecule has 0 aromatic carbocycles. The number of nitrogens with zero attached hydrogens (tertiary/aromatic N) is 4. The second-order valence-electron chi connectivity index (χ2n) is 4.26. The zero-order chi connectivity index (χ0) is 11.4. The number of aromatic nitrogens is 2. The molecule has 0 aliphatic carbocycles. The molecule has 1 aromatic heterocycles. The normalized spacial score (nSPS) is 19.2. The average molecular weight is 218 g/mol. The van der Waals surface area contributed by atoms with Gasteiger partial charge in [-0.3, -0.25) is 9.58 Å². The van der Waals surface area contributed by atoms with Crippen molar-refractivity contribution < 1.29 is 0 Å². The number of hydrogen-bond donors (Lipinski definition) is 0. The topological polar surface area (TPSA) is 44.9 Å². The van der Waals surface area contributed by atoms with E-state index in [0.717, 1.165) is 25.2 Å². The van der Waals surface area contributed by atoms with Gasteiger partial charge in [0.05, 0.1) is 12.3 Å². The Morgan fingerprint density at radius 2 is 2.19 bits per heavy atom. The highest BCUT2D eigenvalue weighted by atomic mass is 15.3. The first-order chi connectivity index (χ1) is 7.85. The van der Waals surface area contributed by atoms with Gasteiger partial charge in [0, 0.05) is 18.3 Å². The van der Waals surface area contributed by atoms with E-state index >= 15 is 0 Å². The van der Waals surface area contributed by atoms with Crippen LogP contribution in [0.15, 0.2) is 12.4 Å². The Bertz CT molecular complexity index is 371. The predicted octanol–water partition coefficient (Wildman–Crippen LogP) is 1.95. The molecule has 1 atom stereocenters. The van der Waals surface area contributed by atoms with Crippen molar-refractivity contribution in [1.29, 1.82) is 5.26 Å².